The van der Waals surface area contributed by atoms with Gasteiger partial charge in [0, 0.05) is 23.2 Å². The smallest absolute Gasteiger partial charge is 0.0900 e. The maximum atomic E-state index is 4.99. The molecular weight excluding hydrogens is 681 g/mol. The molecule has 10 aromatic rings. The Hall–Kier alpha value is -7.43. The molecule has 2 aliphatic rings. The Bertz CT molecular complexity index is 3120. The van der Waals surface area contributed by atoms with Crippen molar-refractivity contribution in [2.24, 2.45) is 0 Å². The fraction of sp³-hybridized carbons (Fsp3) is 0.0192. The molecule has 56 heavy (non-hydrogen) atoms. The molecule has 0 bridgehead atoms. The maximum Gasteiger partial charge on any atom is 0.0900 e. The molecule has 4 aromatic heterocycles. The van der Waals surface area contributed by atoms with Gasteiger partial charge in [-0.25, -0.2) is 4.98 Å². The minimum absolute atomic E-state index is 0.483. The van der Waals surface area contributed by atoms with Crippen LogP contribution >= 0.6 is 0 Å². The molecule has 4 heteroatoms. The van der Waals surface area contributed by atoms with Crippen LogP contribution < -0.4 is 0 Å². The highest BCUT2D eigenvalue weighted by Crippen LogP contribution is 2.61. The molecule has 6 aromatic carbocycles. The van der Waals surface area contributed by atoms with Gasteiger partial charge in [0.05, 0.1) is 44.9 Å². The van der Waals surface area contributed by atoms with Gasteiger partial charge in [-0.2, -0.15) is 0 Å². The van der Waals surface area contributed by atoms with Crippen LogP contribution in [0.5, 0.6) is 0 Å². The molecule has 1 spiro atoms. The lowest BCUT2D eigenvalue weighted by atomic mass is 9.65. The van der Waals surface area contributed by atoms with Crippen LogP contribution in [0.2, 0.25) is 0 Å². The average molecular weight is 713 g/mol. The summed E-state index contributed by atoms with van der Waals surface area (Å²) < 4.78 is 2.50. The van der Waals surface area contributed by atoms with E-state index in [0.717, 1.165) is 33.9 Å². The Labute approximate surface area is 324 Å². The summed E-state index contributed by atoms with van der Waals surface area (Å²) in [7, 11) is 0. The van der Waals surface area contributed by atoms with Crippen molar-refractivity contribution in [2.45, 2.75) is 5.41 Å². The van der Waals surface area contributed by atoms with E-state index in [0.29, 0.717) is 0 Å². The van der Waals surface area contributed by atoms with Crippen LogP contribution in [0.3, 0.4) is 0 Å². The van der Waals surface area contributed by atoms with E-state index < -0.39 is 5.41 Å². The minimum atomic E-state index is -0.483. The molecule has 1 unspecified atom stereocenters. The quantitative estimate of drug-likeness (QED) is 0.182. The molecule has 12 rings (SSSR count). The number of benzene rings is 6. The lowest BCUT2D eigenvalue weighted by Crippen LogP contribution is -2.33. The second kappa shape index (κ2) is 11.8. The van der Waals surface area contributed by atoms with Crippen molar-refractivity contribution in [3.8, 4) is 61.8 Å². The van der Waals surface area contributed by atoms with Gasteiger partial charge in [0.2, 0.25) is 0 Å². The summed E-state index contributed by atoms with van der Waals surface area (Å²) in [5.41, 5.74) is 19.0. The molecule has 1 atom stereocenters. The molecule has 0 saturated carbocycles. The molecule has 0 radical (unpaired) electrons. The van der Waals surface area contributed by atoms with Gasteiger partial charge in [-0.05, 0) is 110 Å². The first kappa shape index (κ1) is 31.0. The highest BCUT2D eigenvalue weighted by molar-refractivity contribution is 6.12. The second-order valence-electron chi connectivity index (χ2n) is 14.8. The molecule has 4 nitrogen and oxygen atoms in total. The minimum Gasteiger partial charge on any atom is -0.309 e. The van der Waals surface area contributed by atoms with Crippen LogP contribution in [-0.4, -0.2) is 19.5 Å². The van der Waals surface area contributed by atoms with Crippen LogP contribution in [-0.2, 0) is 5.41 Å². The normalized spacial score (nSPS) is 14.9. The van der Waals surface area contributed by atoms with Crippen molar-refractivity contribution in [1.29, 1.82) is 0 Å². The zero-order chi connectivity index (χ0) is 36.8. The fourth-order valence-electron chi connectivity index (χ4n) is 9.58. The number of nitrogens with zero attached hydrogens (tertiary/aromatic N) is 4. The summed E-state index contributed by atoms with van der Waals surface area (Å²) in [4.78, 5) is 14.2. The summed E-state index contributed by atoms with van der Waals surface area (Å²) in [6.45, 7) is 0. The number of fused-ring (bicyclic) bond motifs is 12. The third-order valence-corrected chi connectivity index (χ3v) is 11.9. The Morgan fingerprint density at radius 2 is 0.964 bits per heavy atom. The summed E-state index contributed by atoms with van der Waals surface area (Å²) in [6.07, 6.45) is 3.62. The molecular formula is C52H32N4. The van der Waals surface area contributed by atoms with Gasteiger partial charge >= 0.3 is 0 Å². The van der Waals surface area contributed by atoms with Crippen LogP contribution in [0.25, 0.3) is 83.6 Å². The molecule has 0 fully saturated rings. The third kappa shape index (κ3) is 4.27. The Morgan fingerprint density at radius 1 is 0.375 bits per heavy atom. The molecule has 5 heterocycles. The Morgan fingerprint density at radius 3 is 1.71 bits per heavy atom. The van der Waals surface area contributed by atoms with Crippen molar-refractivity contribution < 1.29 is 0 Å². The zero-order valence-corrected chi connectivity index (χ0v) is 30.3. The zero-order valence-electron chi connectivity index (χ0n) is 30.3. The Balaban J connectivity index is 1.04. The van der Waals surface area contributed by atoms with E-state index in [1.165, 1.54) is 72.0 Å². The van der Waals surface area contributed by atoms with Gasteiger partial charge in [-0.1, -0.05) is 127 Å². The topological polar surface area (TPSA) is 43.6 Å². The number of rotatable bonds is 4. The summed E-state index contributed by atoms with van der Waals surface area (Å²) >= 11 is 0. The first-order chi connectivity index (χ1) is 27.8. The van der Waals surface area contributed by atoms with E-state index in [-0.39, 0.29) is 0 Å². The number of pyridine rings is 3. The van der Waals surface area contributed by atoms with E-state index in [2.05, 4.69) is 160 Å². The number of hydrogen-bond donors (Lipinski definition) is 0. The summed E-state index contributed by atoms with van der Waals surface area (Å²) in [5, 5.41) is 2.57. The average Bonchev–Trinajstić information content (AvgIpc) is 3.77. The predicted octanol–water partition coefficient (Wildman–Crippen LogP) is 12.3. The summed E-state index contributed by atoms with van der Waals surface area (Å²) in [6, 6.07) is 66.0. The monoisotopic (exact) mass is 712 g/mol. The SMILES string of the molecule is c1ccc(-c2cc(-c3ccc(-c4ccc5c(c4)C4(c6ccccc6-5)c5ccccc5-n5c6ccccc6c6cccc4c65)cc3)cc(-c3ccccn3)n2)nc1. The van der Waals surface area contributed by atoms with E-state index in [1.54, 1.807) is 0 Å². The first-order valence-corrected chi connectivity index (χ1v) is 19.1. The van der Waals surface area contributed by atoms with Crippen molar-refractivity contribution in [3.63, 3.8) is 0 Å². The maximum absolute atomic E-state index is 4.99. The lowest BCUT2D eigenvalue weighted by Gasteiger charge is -2.39. The summed E-state index contributed by atoms with van der Waals surface area (Å²) in [5.74, 6) is 0. The molecule has 0 amide bonds. The van der Waals surface area contributed by atoms with E-state index in [1.807, 2.05) is 48.8 Å². The molecule has 1 aliphatic carbocycles. The number of para-hydroxylation sites is 3. The van der Waals surface area contributed by atoms with Crippen LogP contribution in [0.4, 0.5) is 0 Å². The van der Waals surface area contributed by atoms with Gasteiger partial charge in [-0.15, -0.1) is 0 Å². The van der Waals surface area contributed by atoms with E-state index in [9.17, 15) is 0 Å². The van der Waals surface area contributed by atoms with Gasteiger partial charge in [-0.3, -0.25) is 9.97 Å². The van der Waals surface area contributed by atoms with E-state index >= 15 is 0 Å². The van der Waals surface area contributed by atoms with Gasteiger partial charge in [0.15, 0.2) is 0 Å². The van der Waals surface area contributed by atoms with Crippen molar-refractivity contribution in [3.05, 3.63) is 217 Å². The number of aromatic nitrogens is 4. The highest BCUT2D eigenvalue weighted by Gasteiger charge is 2.50. The van der Waals surface area contributed by atoms with Crippen molar-refractivity contribution >= 4 is 21.8 Å². The van der Waals surface area contributed by atoms with Crippen molar-refractivity contribution in [2.75, 3.05) is 0 Å². The second-order valence-corrected chi connectivity index (χ2v) is 14.8. The highest BCUT2D eigenvalue weighted by atomic mass is 15.0. The molecule has 260 valence electrons. The largest absolute Gasteiger partial charge is 0.309 e. The molecule has 0 saturated heterocycles. The van der Waals surface area contributed by atoms with Crippen LogP contribution in [0.1, 0.15) is 22.3 Å². The standard InChI is InChI=1S/C52H32N4/c1-3-15-41-37(12-1)38-27-26-35(33-22-24-34(25-23-33)36-31-47(45-18-7-9-28-53-45)55-48(32-36)46-19-8-10-29-54-46)30-44(38)52(41)42-16-4-6-21-50(42)56-49-20-5-2-13-39(49)40-14-11-17-43(52)51(40)56/h1-32H. The van der Waals surface area contributed by atoms with E-state index in [4.69, 9.17) is 4.98 Å². The third-order valence-electron chi connectivity index (χ3n) is 11.9. The lowest BCUT2D eigenvalue weighted by molar-refractivity contribution is 0.749. The molecule has 1 aliphatic heterocycles. The van der Waals surface area contributed by atoms with Gasteiger partial charge in [0.25, 0.3) is 0 Å². The fourth-order valence-corrected chi connectivity index (χ4v) is 9.58. The van der Waals surface area contributed by atoms with Gasteiger partial charge in [0.1, 0.15) is 0 Å². The van der Waals surface area contributed by atoms with Crippen LogP contribution in [0, 0.1) is 0 Å². The number of hydrogen-bond acceptors (Lipinski definition) is 3. The Kier molecular flexibility index (Phi) is 6.52. The van der Waals surface area contributed by atoms with Gasteiger partial charge < -0.3 is 4.57 Å². The van der Waals surface area contributed by atoms with Crippen molar-refractivity contribution in [1.82, 2.24) is 19.5 Å². The molecule has 0 N–H and O–H groups in total. The first-order valence-electron chi connectivity index (χ1n) is 19.1. The predicted molar refractivity (Wildman–Crippen MR) is 227 cm³/mol. The van der Waals surface area contributed by atoms with Crippen LogP contribution in [0.15, 0.2) is 194 Å².